The van der Waals surface area contributed by atoms with E-state index in [1.165, 1.54) is 0 Å². The van der Waals surface area contributed by atoms with Crippen molar-refractivity contribution in [3.05, 3.63) is 29.8 Å². The molecule has 0 heterocycles. The van der Waals surface area contributed by atoms with Crippen LogP contribution >= 0.6 is 0 Å². The average Bonchev–Trinajstić information content (AvgIpc) is 2.67. The van der Waals surface area contributed by atoms with E-state index in [4.69, 9.17) is 9.47 Å². The monoisotopic (exact) mass is 394 g/mol. The Morgan fingerprint density at radius 2 is 1.89 bits per heavy atom. The molecule has 0 amide bonds. The number of aliphatic hydroxyl groups excluding tert-OH is 1. The summed E-state index contributed by atoms with van der Waals surface area (Å²) in [5.74, 6) is 1.53. The van der Waals surface area contributed by atoms with Crippen molar-refractivity contribution in [2.45, 2.75) is 39.4 Å². The number of aliphatic hydroxyl groups is 1. The summed E-state index contributed by atoms with van der Waals surface area (Å²) in [4.78, 5) is 6.75. The van der Waals surface area contributed by atoms with E-state index in [0.717, 1.165) is 56.5 Å². The van der Waals surface area contributed by atoms with Gasteiger partial charge in [-0.15, -0.1) is 0 Å². The highest BCUT2D eigenvalue weighted by molar-refractivity contribution is 5.79. The molecular weight excluding hydrogens is 356 g/mol. The summed E-state index contributed by atoms with van der Waals surface area (Å²) in [7, 11) is 3.81. The van der Waals surface area contributed by atoms with Gasteiger partial charge in [0, 0.05) is 26.7 Å². The van der Waals surface area contributed by atoms with Gasteiger partial charge in [-0.05, 0) is 58.5 Å². The van der Waals surface area contributed by atoms with Crippen LogP contribution in [-0.2, 0) is 4.74 Å². The van der Waals surface area contributed by atoms with E-state index in [9.17, 15) is 5.11 Å². The maximum absolute atomic E-state index is 10.4. The number of guanidine groups is 1. The predicted octanol–water partition coefficient (Wildman–Crippen LogP) is 2.03. The maximum Gasteiger partial charge on any atom is 0.191 e. The van der Waals surface area contributed by atoms with Crippen molar-refractivity contribution in [2.75, 3.05) is 53.5 Å². The second-order valence-corrected chi connectivity index (χ2v) is 7.05. The van der Waals surface area contributed by atoms with Crippen LogP contribution in [-0.4, -0.2) is 75.6 Å². The molecule has 0 aliphatic carbocycles. The highest BCUT2D eigenvalue weighted by Gasteiger charge is 2.08. The van der Waals surface area contributed by atoms with Crippen LogP contribution in [0.3, 0.4) is 0 Å². The van der Waals surface area contributed by atoms with Crippen LogP contribution < -0.4 is 15.4 Å². The predicted molar refractivity (Wildman–Crippen MR) is 115 cm³/mol. The van der Waals surface area contributed by atoms with Crippen molar-refractivity contribution in [3.8, 4) is 5.75 Å². The van der Waals surface area contributed by atoms with E-state index < -0.39 is 6.10 Å². The number of methoxy groups -OCH3 is 1. The van der Waals surface area contributed by atoms with Crippen molar-refractivity contribution in [3.63, 3.8) is 0 Å². The van der Waals surface area contributed by atoms with Crippen molar-refractivity contribution < 1.29 is 14.6 Å². The van der Waals surface area contributed by atoms with E-state index in [0.29, 0.717) is 6.54 Å². The van der Waals surface area contributed by atoms with Crippen molar-refractivity contribution >= 4 is 5.96 Å². The van der Waals surface area contributed by atoms with Crippen LogP contribution in [0.4, 0.5) is 0 Å². The minimum atomic E-state index is -0.649. The number of benzene rings is 1. The molecule has 0 bridgehead atoms. The van der Waals surface area contributed by atoms with Crippen LogP contribution in [0.5, 0.6) is 5.75 Å². The lowest BCUT2D eigenvalue weighted by Gasteiger charge is -2.17. The fraction of sp³-hybridized carbons (Fsp3) is 0.667. The molecule has 3 N–H and O–H groups in total. The number of rotatable bonds is 13. The topological polar surface area (TPSA) is 78.4 Å². The Bertz CT molecular complexity index is 549. The Hall–Kier alpha value is -1.83. The standard InChI is InChI=1S/C21H38N4O3/c1-6-22-21(23-12-7-13-25(4)14-15-27-5)24-16-20(26)18-8-10-19(11-9-18)28-17(2)3/h8-11,17,20,26H,6-7,12-16H2,1-5H3,(H2,22,23,24). The fourth-order valence-electron chi connectivity index (χ4n) is 2.58. The number of nitrogens with one attached hydrogen (secondary N) is 2. The maximum atomic E-state index is 10.4. The van der Waals surface area contributed by atoms with Gasteiger partial charge in [0.1, 0.15) is 5.75 Å². The van der Waals surface area contributed by atoms with Crippen LogP contribution in [0.25, 0.3) is 0 Å². The van der Waals surface area contributed by atoms with E-state index in [2.05, 4.69) is 27.6 Å². The molecule has 0 fully saturated rings. The average molecular weight is 395 g/mol. The smallest absolute Gasteiger partial charge is 0.191 e. The third-order valence-corrected chi connectivity index (χ3v) is 4.09. The molecule has 0 radical (unpaired) electrons. The molecule has 0 spiro atoms. The van der Waals surface area contributed by atoms with Crippen LogP contribution in [0.15, 0.2) is 29.3 Å². The summed E-state index contributed by atoms with van der Waals surface area (Å²) in [6.45, 7) is 10.6. The molecule has 1 aromatic rings. The molecule has 0 saturated heterocycles. The van der Waals surface area contributed by atoms with Crippen molar-refractivity contribution in [1.29, 1.82) is 0 Å². The molecule has 0 aliphatic heterocycles. The largest absolute Gasteiger partial charge is 0.491 e. The van der Waals surface area contributed by atoms with Gasteiger partial charge in [0.15, 0.2) is 5.96 Å². The zero-order chi connectivity index (χ0) is 20.8. The normalized spacial score (nSPS) is 13.1. The van der Waals surface area contributed by atoms with Gasteiger partial charge in [-0.1, -0.05) is 12.1 Å². The number of nitrogens with zero attached hydrogens (tertiary/aromatic N) is 2. The molecular formula is C21H38N4O3. The summed E-state index contributed by atoms with van der Waals surface area (Å²) in [6.07, 6.45) is 0.488. The van der Waals surface area contributed by atoms with Crippen molar-refractivity contribution in [2.24, 2.45) is 4.99 Å². The zero-order valence-electron chi connectivity index (χ0n) is 18.1. The summed E-state index contributed by atoms with van der Waals surface area (Å²) in [5.41, 5.74) is 0.829. The molecule has 1 atom stereocenters. The zero-order valence-corrected chi connectivity index (χ0v) is 18.1. The molecule has 0 aliphatic rings. The van der Waals surface area contributed by atoms with E-state index in [1.807, 2.05) is 45.0 Å². The van der Waals surface area contributed by atoms with Crippen molar-refractivity contribution in [1.82, 2.24) is 15.5 Å². The number of likely N-dealkylation sites (N-methyl/N-ethyl adjacent to an activating group) is 1. The van der Waals surface area contributed by atoms with E-state index in [1.54, 1.807) is 7.11 Å². The minimum Gasteiger partial charge on any atom is -0.491 e. The summed E-state index contributed by atoms with van der Waals surface area (Å²) < 4.78 is 10.7. The number of aliphatic imine (C=N–C) groups is 1. The van der Waals surface area contributed by atoms with Gasteiger partial charge >= 0.3 is 0 Å². The third kappa shape index (κ3) is 10.5. The first-order chi connectivity index (χ1) is 13.5. The second kappa shape index (κ2) is 14.2. The Kier molecular flexibility index (Phi) is 12.3. The Balaban J connectivity index is 2.45. The molecule has 1 rings (SSSR count). The Morgan fingerprint density at radius 3 is 2.50 bits per heavy atom. The summed E-state index contributed by atoms with van der Waals surface area (Å²) in [6, 6.07) is 7.53. The molecule has 0 saturated carbocycles. The first-order valence-electron chi connectivity index (χ1n) is 10.1. The lowest BCUT2D eigenvalue weighted by molar-refractivity contribution is 0.161. The number of hydrogen-bond donors (Lipinski definition) is 3. The van der Waals surface area contributed by atoms with Crippen LogP contribution in [0, 0.1) is 0 Å². The van der Waals surface area contributed by atoms with Gasteiger partial charge in [0.05, 0.1) is 25.4 Å². The van der Waals surface area contributed by atoms with Gasteiger partial charge in [-0.25, -0.2) is 0 Å². The Labute approximate surface area is 170 Å². The first-order valence-corrected chi connectivity index (χ1v) is 10.1. The minimum absolute atomic E-state index is 0.133. The SMILES string of the molecule is CCNC(=NCC(O)c1ccc(OC(C)C)cc1)NCCCN(C)CCOC. The number of hydrogen-bond acceptors (Lipinski definition) is 5. The lowest BCUT2D eigenvalue weighted by atomic mass is 10.1. The molecule has 1 aromatic carbocycles. The second-order valence-electron chi connectivity index (χ2n) is 7.05. The highest BCUT2D eigenvalue weighted by Crippen LogP contribution is 2.19. The van der Waals surface area contributed by atoms with Crippen LogP contribution in [0.2, 0.25) is 0 Å². The van der Waals surface area contributed by atoms with E-state index >= 15 is 0 Å². The molecule has 0 aromatic heterocycles. The fourth-order valence-corrected chi connectivity index (χ4v) is 2.58. The van der Waals surface area contributed by atoms with Crippen LogP contribution in [0.1, 0.15) is 38.9 Å². The van der Waals surface area contributed by atoms with Gasteiger partial charge in [-0.2, -0.15) is 0 Å². The van der Waals surface area contributed by atoms with Gasteiger partial charge in [0.2, 0.25) is 0 Å². The molecule has 7 heteroatoms. The molecule has 7 nitrogen and oxygen atoms in total. The summed E-state index contributed by atoms with van der Waals surface area (Å²) in [5, 5.41) is 17.0. The van der Waals surface area contributed by atoms with E-state index in [-0.39, 0.29) is 6.10 Å². The van der Waals surface area contributed by atoms with Gasteiger partial charge in [0.25, 0.3) is 0 Å². The summed E-state index contributed by atoms with van der Waals surface area (Å²) >= 11 is 0. The lowest BCUT2D eigenvalue weighted by Crippen LogP contribution is -2.39. The highest BCUT2D eigenvalue weighted by atomic mass is 16.5. The van der Waals surface area contributed by atoms with Gasteiger partial charge < -0.3 is 30.1 Å². The van der Waals surface area contributed by atoms with Gasteiger partial charge in [-0.3, -0.25) is 4.99 Å². The molecule has 160 valence electrons. The molecule has 1 unspecified atom stereocenters. The Morgan fingerprint density at radius 1 is 1.18 bits per heavy atom. The number of ether oxygens (including phenoxy) is 2. The molecule has 28 heavy (non-hydrogen) atoms. The first kappa shape index (κ1) is 24.2. The quantitative estimate of drug-likeness (QED) is 0.270. The third-order valence-electron chi connectivity index (χ3n) is 4.09.